The summed E-state index contributed by atoms with van der Waals surface area (Å²) in [5.41, 5.74) is 12.0. The molecule has 0 atom stereocenters. The molecule has 0 aliphatic rings. The zero-order chi connectivity index (χ0) is 33.6. The van der Waals surface area contributed by atoms with Gasteiger partial charge in [-0.05, 0) is 39.8 Å². The molecule has 45 heavy (non-hydrogen) atoms. The van der Waals surface area contributed by atoms with Crippen molar-refractivity contribution in [2.45, 2.75) is 53.1 Å². The average molecular weight is 622 g/mol. The Morgan fingerprint density at radius 3 is 1.67 bits per heavy atom. The Morgan fingerprint density at radius 2 is 1.24 bits per heavy atom. The van der Waals surface area contributed by atoms with Crippen molar-refractivity contribution in [1.82, 2.24) is 28.2 Å². The molecule has 4 rings (SSSR count). The third-order valence-corrected chi connectivity index (χ3v) is 6.54. The summed E-state index contributed by atoms with van der Waals surface area (Å²) in [4.78, 5) is 67.0. The van der Waals surface area contributed by atoms with Crippen molar-refractivity contribution in [2.24, 2.45) is 25.6 Å². The largest absolute Gasteiger partial charge is 0.364 e. The third kappa shape index (κ3) is 8.25. The fourth-order valence-electron chi connectivity index (χ4n) is 4.28. The first kappa shape index (κ1) is 33.8. The lowest BCUT2D eigenvalue weighted by atomic mass is 10.3. The van der Waals surface area contributed by atoms with Gasteiger partial charge in [-0.3, -0.25) is 24.0 Å². The van der Waals surface area contributed by atoms with Crippen molar-refractivity contribution in [1.29, 1.82) is 0 Å². The Bertz CT molecular complexity index is 1720. The van der Waals surface area contributed by atoms with Gasteiger partial charge in [0, 0.05) is 63.6 Å². The van der Waals surface area contributed by atoms with Crippen LogP contribution < -0.4 is 27.4 Å². The SMILES string of the molecule is CC(C)n1ccnc1C(=O)Nc1cc(C(N)=O)n(C)c1.CCC(=O)Nc1cn(C(C)C)c(C(=O)Nc2cc(C(N)=O)n(C)c2)n1. The molecular formula is C29H39N11O5. The summed E-state index contributed by atoms with van der Waals surface area (Å²) < 4.78 is 6.53. The van der Waals surface area contributed by atoms with Gasteiger partial charge in [-0.2, -0.15) is 0 Å². The summed E-state index contributed by atoms with van der Waals surface area (Å²) in [5.74, 6) is -1.30. The molecule has 0 radical (unpaired) electrons. The van der Waals surface area contributed by atoms with Gasteiger partial charge in [0.15, 0.2) is 11.6 Å². The summed E-state index contributed by atoms with van der Waals surface area (Å²) in [5, 5.41) is 8.03. The smallest absolute Gasteiger partial charge is 0.291 e. The van der Waals surface area contributed by atoms with Crippen LogP contribution >= 0.6 is 0 Å². The molecule has 4 heterocycles. The molecule has 0 saturated heterocycles. The molecule has 0 unspecified atom stereocenters. The fraction of sp³-hybridized carbons (Fsp3) is 0.345. The minimum absolute atomic E-state index is 0.0301. The highest BCUT2D eigenvalue weighted by molar-refractivity contribution is 6.04. The molecule has 16 heteroatoms. The van der Waals surface area contributed by atoms with Crippen molar-refractivity contribution < 1.29 is 24.0 Å². The number of nitrogens with zero attached hydrogens (tertiary/aromatic N) is 6. The number of anilines is 3. The van der Waals surface area contributed by atoms with Crippen LogP contribution in [0.3, 0.4) is 0 Å². The zero-order valence-corrected chi connectivity index (χ0v) is 26.3. The number of rotatable bonds is 10. The molecule has 0 aliphatic carbocycles. The lowest BCUT2D eigenvalue weighted by Crippen LogP contribution is -2.19. The van der Waals surface area contributed by atoms with E-state index in [0.717, 1.165) is 0 Å². The number of nitrogens with two attached hydrogens (primary N) is 2. The first-order chi connectivity index (χ1) is 21.1. The lowest BCUT2D eigenvalue weighted by molar-refractivity contribution is -0.115. The molecule has 0 aliphatic heterocycles. The van der Waals surface area contributed by atoms with Crippen LogP contribution in [-0.4, -0.2) is 57.8 Å². The predicted molar refractivity (Wildman–Crippen MR) is 168 cm³/mol. The van der Waals surface area contributed by atoms with E-state index in [-0.39, 0.29) is 35.4 Å². The van der Waals surface area contributed by atoms with Gasteiger partial charge in [0.2, 0.25) is 11.7 Å². The highest BCUT2D eigenvalue weighted by atomic mass is 16.2. The van der Waals surface area contributed by atoms with E-state index >= 15 is 0 Å². The standard InChI is InChI=1S/C16H22N6O3.C13H17N5O2/c1-5-13(23)19-12-8-22(9(2)3)15(20-12)16(25)18-10-6-11(14(17)24)21(4)7-10;1-8(2)18-5-4-15-12(18)13(20)16-9-6-10(11(14)19)17(3)7-9/h6-9H,5H2,1-4H3,(H2,17,24)(H,18,25)(H,19,23);4-8H,1-3H3,(H2,14,19)(H,16,20). The Balaban J connectivity index is 0.000000251. The third-order valence-electron chi connectivity index (χ3n) is 6.54. The number of imidazole rings is 2. The van der Waals surface area contributed by atoms with Gasteiger partial charge in [-0.25, -0.2) is 9.97 Å². The van der Waals surface area contributed by atoms with Crippen molar-refractivity contribution in [3.63, 3.8) is 0 Å². The van der Waals surface area contributed by atoms with E-state index in [2.05, 4.69) is 25.9 Å². The zero-order valence-electron chi connectivity index (χ0n) is 26.3. The van der Waals surface area contributed by atoms with Gasteiger partial charge < -0.3 is 45.7 Å². The molecule has 0 spiro atoms. The number of carbonyl (C=O) groups excluding carboxylic acids is 5. The van der Waals surface area contributed by atoms with Crippen LogP contribution in [0.4, 0.5) is 17.2 Å². The molecule has 16 nitrogen and oxygen atoms in total. The van der Waals surface area contributed by atoms with Gasteiger partial charge in [-0.15, -0.1) is 0 Å². The molecule has 0 saturated carbocycles. The van der Waals surface area contributed by atoms with E-state index in [4.69, 9.17) is 11.5 Å². The molecule has 0 fully saturated rings. The van der Waals surface area contributed by atoms with Crippen LogP contribution in [0.2, 0.25) is 0 Å². The van der Waals surface area contributed by atoms with Gasteiger partial charge in [0.25, 0.3) is 23.6 Å². The summed E-state index contributed by atoms with van der Waals surface area (Å²) in [6.45, 7) is 9.46. The van der Waals surface area contributed by atoms with Crippen LogP contribution in [-0.2, 0) is 18.9 Å². The van der Waals surface area contributed by atoms with Crippen molar-refractivity contribution in [3.05, 3.63) is 66.2 Å². The van der Waals surface area contributed by atoms with Crippen molar-refractivity contribution >= 4 is 46.7 Å². The molecule has 0 bridgehead atoms. The molecule has 4 aromatic rings. The Kier molecular flexibility index (Phi) is 10.7. The van der Waals surface area contributed by atoms with Gasteiger partial charge in [0.05, 0.1) is 11.4 Å². The maximum absolute atomic E-state index is 12.6. The quantitative estimate of drug-likeness (QED) is 0.178. The molecule has 0 aromatic carbocycles. The monoisotopic (exact) mass is 621 g/mol. The molecular weight excluding hydrogens is 582 g/mol. The number of hydrogen-bond donors (Lipinski definition) is 5. The van der Waals surface area contributed by atoms with Crippen molar-refractivity contribution in [3.8, 4) is 0 Å². The van der Waals surface area contributed by atoms with Crippen LogP contribution in [0.1, 0.15) is 95.3 Å². The van der Waals surface area contributed by atoms with E-state index in [1.807, 2.05) is 27.7 Å². The Morgan fingerprint density at radius 1 is 0.756 bits per heavy atom. The number of carbonyl (C=O) groups is 5. The van der Waals surface area contributed by atoms with E-state index in [9.17, 15) is 24.0 Å². The number of aryl methyl sites for hydroxylation is 2. The number of aromatic nitrogens is 6. The van der Waals surface area contributed by atoms with Crippen LogP contribution in [0.5, 0.6) is 0 Å². The maximum atomic E-state index is 12.6. The first-order valence-electron chi connectivity index (χ1n) is 14.1. The minimum atomic E-state index is -0.587. The number of nitrogens with one attached hydrogen (secondary N) is 3. The van der Waals surface area contributed by atoms with Gasteiger partial charge in [-0.1, -0.05) is 6.92 Å². The summed E-state index contributed by atoms with van der Waals surface area (Å²) in [6.07, 6.45) is 8.47. The van der Waals surface area contributed by atoms with Gasteiger partial charge >= 0.3 is 0 Å². The van der Waals surface area contributed by atoms with E-state index in [1.165, 1.54) is 16.7 Å². The topological polar surface area (TPSA) is 219 Å². The highest BCUT2D eigenvalue weighted by Gasteiger charge is 2.20. The van der Waals surface area contributed by atoms with E-state index in [0.29, 0.717) is 35.1 Å². The first-order valence-corrected chi connectivity index (χ1v) is 14.1. The summed E-state index contributed by atoms with van der Waals surface area (Å²) in [6, 6.07) is 3.12. The lowest BCUT2D eigenvalue weighted by Gasteiger charge is -2.10. The van der Waals surface area contributed by atoms with Crippen LogP contribution in [0.25, 0.3) is 0 Å². The second-order valence-corrected chi connectivity index (χ2v) is 10.7. The van der Waals surface area contributed by atoms with Crippen LogP contribution in [0.15, 0.2) is 43.1 Å². The predicted octanol–water partition coefficient (Wildman–Crippen LogP) is 2.66. The molecule has 240 valence electrons. The fourth-order valence-corrected chi connectivity index (χ4v) is 4.28. The number of amides is 5. The molecule has 7 N–H and O–H groups in total. The molecule has 5 amide bonds. The van der Waals surface area contributed by atoms with Crippen LogP contribution in [0, 0.1) is 0 Å². The Labute approximate surface area is 259 Å². The second kappa shape index (κ2) is 14.2. The maximum Gasteiger partial charge on any atom is 0.291 e. The Hall–Kier alpha value is -5.67. The average Bonchev–Trinajstić information content (AvgIpc) is 3.74. The van der Waals surface area contributed by atoms with Gasteiger partial charge in [0.1, 0.15) is 11.4 Å². The number of hydrogen-bond acceptors (Lipinski definition) is 7. The summed E-state index contributed by atoms with van der Waals surface area (Å²) in [7, 11) is 3.34. The van der Waals surface area contributed by atoms with E-state index < -0.39 is 17.7 Å². The highest BCUT2D eigenvalue weighted by Crippen LogP contribution is 2.19. The normalized spacial score (nSPS) is 10.8. The molecule has 4 aromatic heterocycles. The second-order valence-electron chi connectivity index (χ2n) is 10.7. The van der Waals surface area contributed by atoms with Crippen molar-refractivity contribution in [2.75, 3.05) is 16.0 Å². The summed E-state index contributed by atoms with van der Waals surface area (Å²) >= 11 is 0. The number of primary amides is 2. The van der Waals surface area contributed by atoms with E-state index in [1.54, 1.807) is 65.7 Å². The minimum Gasteiger partial charge on any atom is -0.364 e.